The van der Waals surface area contributed by atoms with Gasteiger partial charge in [0.1, 0.15) is 5.78 Å². The molecule has 2 N–H and O–H groups in total. The van der Waals surface area contributed by atoms with Crippen LogP contribution >= 0.6 is 0 Å². The Kier molecular flexibility index (Phi) is 5.36. The molecule has 98 valence electrons. The van der Waals surface area contributed by atoms with Crippen molar-refractivity contribution in [3.8, 4) is 0 Å². The molecule has 0 radical (unpaired) electrons. The second-order valence-electron chi connectivity index (χ2n) is 4.93. The molecule has 0 unspecified atom stereocenters. The van der Waals surface area contributed by atoms with E-state index in [1.165, 1.54) is 5.56 Å². The lowest BCUT2D eigenvalue weighted by Crippen LogP contribution is -2.37. The predicted octanol–water partition coefficient (Wildman–Crippen LogP) is 1.88. The third-order valence-electron chi connectivity index (χ3n) is 3.45. The summed E-state index contributed by atoms with van der Waals surface area (Å²) in [7, 11) is 0. The third kappa shape index (κ3) is 4.59. The Labute approximate surface area is 109 Å². The lowest BCUT2D eigenvalue weighted by molar-refractivity contribution is -0.120. The Morgan fingerprint density at radius 1 is 1.06 bits per heavy atom. The first kappa shape index (κ1) is 13.2. The Morgan fingerprint density at radius 3 is 2.50 bits per heavy atom. The molecule has 0 bridgehead atoms. The second-order valence-corrected chi connectivity index (χ2v) is 4.93. The Bertz CT molecular complexity index is 354. The second kappa shape index (κ2) is 7.29. The van der Waals surface area contributed by atoms with E-state index in [1.807, 2.05) is 6.07 Å². The van der Waals surface area contributed by atoms with Crippen LogP contribution in [0.1, 0.15) is 31.2 Å². The molecule has 0 aromatic heterocycles. The quantitative estimate of drug-likeness (QED) is 0.753. The lowest BCUT2D eigenvalue weighted by atomic mass is 9.94. The molecule has 0 heterocycles. The van der Waals surface area contributed by atoms with Crippen LogP contribution in [-0.4, -0.2) is 24.9 Å². The standard InChI is InChI=1S/C15H22N2O/c18-15-8-6-14(7-9-15)17-11-10-16-12-13-4-2-1-3-5-13/h1-5,14,16-17H,6-12H2. The molecule has 0 saturated heterocycles. The van der Waals surface area contributed by atoms with Crippen molar-refractivity contribution in [3.63, 3.8) is 0 Å². The van der Waals surface area contributed by atoms with Crippen LogP contribution < -0.4 is 10.6 Å². The molecule has 1 fully saturated rings. The summed E-state index contributed by atoms with van der Waals surface area (Å²) in [5.74, 6) is 0.426. The topological polar surface area (TPSA) is 41.1 Å². The lowest BCUT2D eigenvalue weighted by Gasteiger charge is -2.22. The zero-order valence-corrected chi connectivity index (χ0v) is 10.8. The smallest absolute Gasteiger partial charge is 0.133 e. The molecule has 0 spiro atoms. The maximum atomic E-state index is 11.1. The summed E-state index contributed by atoms with van der Waals surface area (Å²) in [6.45, 7) is 2.87. The summed E-state index contributed by atoms with van der Waals surface area (Å²) in [4.78, 5) is 11.1. The van der Waals surface area contributed by atoms with E-state index in [2.05, 4.69) is 34.9 Å². The number of carbonyl (C=O) groups excluding carboxylic acids is 1. The number of rotatable bonds is 6. The van der Waals surface area contributed by atoms with E-state index in [1.54, 1.807) is 0 Å². The van der Waals surface area contributed by atoms with Gasteiger partial charge in [-0.15, -0.1) is 0 Å². The molecule has 1 saturated carbocycles. The van der Waals surface area contributed by atoms with E-state index >= 15 is 0 Å². The SMILES string of the molecule is O=C1CCC(NCCNCc2ccccc2)CC1. The summed E-state index contributed by atoms with van der Waals surface area (Å²) in [5.41, 5.74) is 1.32. The first-order valence-corrected chi connectivity index (χ1v) is 6.84. The third-order valence-corrected chi connectivity index (χ3v) is 3.45. The van der Waals surface area contributed by atoms with Gasteiger partial charge >= 0.3 is 0 Å². The van der Waals surface area contributed by atoms with E-state index in [0.717, 1.165) is 45.3 Å². The highest BCUT2D eigenvalue weighted by Crippen LogP contribution is 2.14. The van der Waals surface area contributed by atoms with Gasteiger partial charge in [0.15, 0.2) is 0 Å². The van der Waals surface area contributed by atoms with Crippen LogP contribution in [0.25, 0.3) is 0 Å². The van der Waals surface area contributed by atoms with Crippen LogP contribution in [-0.2, 0) is 11.3 Å². The highest BCUT2D eigenvalue weighted by molar-refractivity contribution is 5.79. The molecule has 1 aromatic rings. The molecule has 0 amide bonds. The molecule has 0 atom stereocenters. The van der Waals surface area contributed by atoms with Crippen LogP contribution in [0, 0.1) is 0 Å². The fourth-order valence-electron chi connectivity index (χ4n) is 2.34. The molecule has 1 aromatic carbocycles. The monoisotopic (exact) mass is 246 g/mol. The van der Waals surface area contributed by atoms with Gasteiger partial charge in [0.05, 0.1) is 0 Å². The zero-order valence-electron chi connectivity index (χ0n) is 10.8. The van der Waals surface area contributed by atoms with Crippen molar-refractivity contribution < 1.29 is 4.79 Å². The number of Topliss-reactive ketones (excluding diaryl/α,β-unsaturated/α-hetero) is 1. The van der Waals surface area contributed by atoms with Crippen LogP contribution in [0.5, 0.6) is 0 Å². The Morgan fingerprint density at radius 2 is 1.78 bits per heavy atom. The fourth-order valence-corrected chi connectivity index (χ4v) is 2.34. The summed E-state index contributed by atoms with van der Waals surface area (Å²) in [6.07, 6.45) is 3.54. The van der Waals surface area contributed by atoms with E-state index in [0.29, 0.717) is 11.8 Å². The van der Waals surface area contributed by atoms with Crippen LogP contribution in [0.2, 0.25) is 0 Å². The van der Waals surface area contributed by atoms with Gasteiger partial charge in [-0.3, -0.25) is 4.79 Å². The minimum absolute atomic E-state index is 0.426. The van der Waals surface area contributed by atoms with Crippen molar-refractivity contribution >= 4 is 5.78 Å². The Hall–Kier alpha value is -1.19. The molecule has 3 nitrogen and oxygen atoms in total. The van der Waals surface area contributed by atoms with Gasteiger partial charge in [0, 0.05) is 38.5 Å². The first-order chi connectivity index (χ1) is 8.84. The maximum absolute atomic E-state index is 11.1. The van der Waals surface area contributed by atoms with E-state index < -0.39 is 0 Å². The number of hydrogen-bond acceptors (Lipinski definition) is 3. The number of ketones is 1. The van der Waals surface area contributed by atoms with Gasteiger partial charge in [0.2, 0.25) is 0 Å². The highest BCUT2D eigenvalue weighted by Gasteiger charge is 2.17. The molecule has 1 aliphatic rings. The molecule has 18 heavy (non-hydrogen) atoms. The molecular formula is C15H22N2O. The number of hydrogen-bond donors (Lipinski definition) is 2. The van der Waals surface area contributed by atoms with Crippen molar-refractivity contribution in [2.75, 3.05) is 13.1 Å². The maximum Gasteiger partial charge on any atom is 0.133 e. The average Bonchev–Trinajstić information content (AvgIpc) is 2.42. The van der Waals surface area contributed by atoms with E-state index in [-0.39, 0.29) is 0 Å². The normalized spacial score (nSPS) is 17.0. The fraction of sp³-hybridized carbons (Fsp3) is 0.533. The molecule has 1 aliphatic carbocycles. The van der Waals surface area contributed by atoms with Crippen LogP contribution in [0.15, 0.2) is 30.3 Å². The number of carbonyl (C=O) groups is 1. The minimum Gasteiger partial charge on any atom is -0.313 e. The zero-order chi connectivity index (χ0) is 12.6. The van der Waals surface area contributed by atoms with E-state index in [9.17, 15) is 4.79 Å². The molecule has 3 heteroatoms. The van der Waals surface area contributed by atoms with Crippen molar-refractivity contribution in [2.45, 2.75) is 38.3 Å². The van der Waals surface area contributed by atoms with Crippen LogP contribution in [0.3, 0.4) is 0 Å². The van der Waals surface area contributed by atoms with Gasteiger partial charge in [0.25, 0.3) is 0 Å². The van der Waals surface area contributed by atoms with Gasteiger partial charge in [-0.2, -0.15) is 0 Å². The van der Waals surface area contributed by atoms with Crippen molar-refractivity contribution in [1.29, 1.82) is 0 Å². The summed E-state index contributed by atoms with van der Waals surface area (Å²) < 4.78 is 0. The van der Waals surface area contributed by atoms with E-state index in [4.69, 9.17) is 0 Å². The largest absolute Gasteiger partial charge is 0.313 e. The number of benzene rings is 1. The van der Waals surface area contributed by atoms with Crippen LogP contribution in [0.4, 0.5) is 0 Å². The molecule has 0 aliphatic heterocycles. The van der Waals surface area contributed by atoms with Crippen molar-refractivity contribution in [3.05, 3.63) is 35.9 Å². The molecule has 2 rings (SSSR count). The van der Waals surface area contributed by atoms with Gasteiger partial charge in [-0.1, -0.05) is 30.3 Å². The van der Waals surface area contributed by atoms with Crippen molar-refractivity contribution in [1.82, 2.24) is 10.6 Å². The predicted molar refractivity (Wildman–Crippen MR) is 73.4 cm³/mol. The highest BCUT2D eigenvalue weighted by atomic mass is 16.1. The molecular weight excluding hydrogens is 224 g/mol. The Balaban J connectivity index is 1.52. The van der Waals surface area contributed by atoms with Gasteiger partial charge in [-0.25, -0.2) is 0 Å². The first-order valence-electron chi connectivity index (χ1n) is 6.84. The van der Waals surface area contributed by atoms with Gasteiger partial charge < -0.3 is 10.6 Å². The van der Waals surface area contributed by atoms with Gasteiger partial charge in [-0.05, 0) is 18.4 Å². The summed E-state index contributed by atoms with van der Waals surface area (Å²) in [5, 5.41) is 6.93. The average molecular weight is 246 g/mol. The summed E-state index contributed by atoms with van der Waals surface area (Å²) in [6, 6.07) is 11.0. The number of nitrogens with one attached hydrogen (secondary N) is 2. The van der Waals surface area contributed by atoms with Crippen molar-refractivity contribution in [2.24, 2.45) is 0 Å². The minimum atomic E-state index is 0.426. The summed E-state index contributed by atoms with van der Waals surface area (Å²) >= 11 is 0.